The average Bonchev–Trinajstić information content (AvgIpc) is 3.27. The van der Waals surface area contributed by atoms with Crippen LogP contribution in [0.3, 0.4) is 0 Å². The SMILES string of the molecule is COc1cc(C(=O)N2CCN(Cc3cnn(C)c3)C[C@H]2Cc2ccc(C(F)(F)F)cc2)cc(C(F)(F)F)c1. The summed E-state index contributed by atoms with van der Waals surface area (Å²) >= 11 is 0. The normalized spacial score (nSPS) is 17.1. The molecule has 0 spiro atoms. The van der Waals surface area contributed by atoms with Gasteiger partial charge in [0.05, 0.1) is 24.4 Å². The quantitative estimate of drug-likeness (QED) is 0.412. The maximum atomic E-state index is 13.5. The first-order valence-electron chi connectivity index (χ1n) is 11.8. The molecule has 6 nitrogen and oxygen atoms in total. The van der Waals surface area contributed by atoms with Crippen molar-refractivity contribution in [3.8, 4) is 5.75 Å². The van der Waals surface area contributed by atoms with Crippen molar-refractivity contribution in [2.24, 2.45) is 7.05 Å². The number of halogens is 6. The van der Waals surface area contributed by atoms with Crippen molar-refractivity contribution in [2.45, 2.75) is 31.4 Å². The van der Waals surface area contributed by atoms with Crippen LogP contribution < -0.4 is 4.74 Å². The number of nitrogens with zero attached hydrogens (tertiary/aromatic N) is 4. The number of alkyl halides is 6. The molecule has 0 unspecified atom stereocenters. The molecule has 0 aliphatic carbocycles. The second-order valence-electron chi connectivity index (χ2n) is 9.26. The Balaban J connectivity index is 1.62. The lowest BCUT2D eigenvalue weighted by atomic mass is 9.99. The highest BCUT2D eigenvalue weighted by atomic mass is 19.4. The van der Waals surface area contributed by atoms with Crippen molar-refractivity contribution in [1.29, 1.82) is 0 Å². The molecule has 0 N–H and O–H groups in total. The zero-order valence-corrected chi connectivity index (χ0v) is 20.7. The molecule has 12 heteroatoms. The lowest BCUT2D eigenvalue weighted by molar-refractivity contribution is -0.138. The van der Waals surface area contributed by atoms with E-state index in [9.17, 15) is 31.1 Å². The molecule has 1 atom stereocenters. The van der Waals surface area contributed by atoms with Gasteiger partial charge in [-0.3, -0.25) is 14.4 Å². The van der Waals surface area contributed by atoms with Gasteiger partial charge in [-0.2, -0.15) is 31.4 Å². The van der Waals surface area contributed by atoms with Crippen LogP contribution in [-0.4, -0.2) is 58.3 Å². The van der Waals surface area contributed by atoms with Crippen molar-refractivity contribution >= 4 is 5.91 Å². The van der Waals surface area contributed by atoms with E-state index in [2.05, 4.69) is 10.00 Å². The first kappa shape index (κ1) is 27.5. The molecular weight excluding hydrogens is 514 g/mol. The molecule has 0 saturated carbocycles. The summed E-state index contributed by atoms with van der Waals surface area (Å²) < 4.78 is 86.1. The first-order chi connectivity index (χ1) is 17.8. The third kappa shape index (κ3) is 6.47. The largest absolute Gasteiger partial charge is 0.497 e. The van der Waals surface area contributed by atoms with Crippen LogP contribution in [0.25, 0.3) is 0 Å². The van der Waals surface area contributed by atoms with Crippen LogP contribution in [0.1, 0.15) is 32.6 Å². The molecule has 1 aliphatic heterocycles. The molecule has 204 valence electrons. The molecule has 3 aromatic rings. The standard InChI is InChI=1S/C26H26F6N4O2/c1-34-14-18(13-33-34)15-35-7-8-36(22(16-35)9-17-3-5-20(6-4-17)25(27,28)29)24(37)19-10-21(26(30,31)32)12-23(11-19)38-2/h3-6,10-14,22H,7-9,15-16H2,1-2H3/t22-/m1/s1. The van der Waals surface area contributed by atoms with Crippen molar-refractivity contribution in [3.05, 3.63) is 82.7 Å². The van der Waals surface area contributed by atoms with E-state index in [4.69, 9.17) is 4.74 Å². The van der Waals surface area contributed by atoms with E-state index in [0.29, 0.717) is 25.2 Å². The van der Waals surface area contributed by atoms with E-state index in [-0.39, 0.29) is 24.3 Å². The highest BCUT2D eigenvalue weighted by Crippen LogP contribution is 2.34. The summed E-state index contributed by atoms with van der Waals surface area (Å²) in [6.07, 6.45) is -5.35. The van der Waals surface area contributed by atoms with Gasteiger partial charge < -0.3 is 9.64 Å². The van der Waals surface area contributed by atoms with E-state index < -0.39 is 35.4 Å². The molecule has 1 aliphatic rings. The molecule has 1 saturated heterocycles. The topological polar surface area (TPSA) is 50.6 Å². The number of aromatic nitrogens is 2. The van der Waals surface area contributed by atoms with Gasteiger partial charge in [0.25, 0.3) is 5.91 Å². The highest BCUT2D eigenvalue weighted by Gasteiger charge is 2.35. The summed E-state index contributed by atoms with van der Waals surface area (Å²) in [4.78, 5) is 17.1. The zero-order chi connectivity index (χ0) is 27.7. The highest BCUT2D eigenvalue weighted by molar-refractivity contribution is 5.95. The number of hydrogen-bond acceptors (Lipinski definition) is 4. The molecule has 1 fully saturated rings. The minimum Gasteiger partial charge on any atom is -0.497 e. The number of carbonyl (C=O) groups excluding carboxylic acids is 1. The van der Waals surface area contributed by atoms with Gasteiger partial charge in [0.2, 0.25) is 0 Å². The van der Waals surface area contributed by atoms with Crippen LogP contribution >= 0.6 is 0 Å². The summed E-state index contributed by atoms with van der Waals surface area (Å²) in [5, 5.41) is 4.15. The second kappa shape index (κ2) is 10.7. The van der Waals surface area contributed by atoms with Gasteiger partial charge >= 0.3 is 12.4 Å². The molecular formula is C26H26F6N4O2. The Morgan fingerprint density at radius 2 is 1.66 bits per heavy atom. The predicted octanol–water partition coefficient (Wildman–Crippen LogP) is 5.04. The predicted molar refractivity (Wildman–Crippen MR) is 126 cm³/mol. The molecule has 1 aromatic heterocycles. The lowest BCUT2D eigenvalue weighted by Crippen LogP contribution is -2.55. The van der Waals surface area contributed by atoms with Gasteiger partial charge in [-0.15, -0.1) is 0 Å². The Morgan fingerprint density at radius 1 is 0.974 bits per heavy atom. The number of rotatable bonds is 6. The van der Waals surface area contributed by atoms with Crippen LogP contribution in [-0.2, 0) is 32.4 Å². The van der Waals surface area contributed by atoms with Crippen LogP contribution in [0.4, 0.5) is 26.3 Å². The van der Waals surface area contributed by atoms with Crippen LogP contribution in [0, 0.1) is 0 Å². The number of hydrogen-bond donors (Lipinski definition) is 0. The number of piperazine rings is 1. The molecule has 0 bridgehead atoms. The molecule has 0 radical (unpaired) electrons. The van der Waals surface area contributed by atoms with Gasteiger partial charge in [0.1, 0.15) is 5.75 Å². The fourth-order valence-electron chi connectivity index (χ4n) is 4.59. The molecule has 4 rings (SSSR count). The van der Waals surface area contributed by atoms with E-state index in [0.717, 1.165) is 29.8 Å². The monoisotopic (exact) mass is 540 g/mol. The van der Waals surface area contributed by atoms with E-state index in [1.165, 1.54) is 30.2 Å². The Labute approximate surface area is 215 Å². The summed E-state index contributed by atoms with van der Waals surface area (Å²) in [5.41, 5.74) is -0.439. The van der Waals surface area contributed by atoms with Gasteiger partial charge in [-0.25, -0.2) is 0 Å². The Hall–Kier alpha value is -3.54. The number of amides is 1. The number of benzene rings is 2. The third-order valence-corrected chi connectivity index (χ3v) is 6.46. The van der Waals surface area contributed by atoms with Gasteiger partial charge in [-0.1, -0.05) is 12.1 Å². The van der Waals surface area contributed by atoms with Crippen LogP contribution in [0.5, 0.6) is 5.75 Å². The summed E-state index contributed by atoms with van der Waals surface area (Å²) in [6.45, 7) is 1.59. The van der Waals surface area contributed by atoms with E-state index >= 15 is 0 Å². The Kier molecular flexibility index (Phi) is 7.73. The molecule has 1 amide bonds. The minimum atomic E-state index is -4.67. The number of aryl methyl sites for hydroxylation is 1. The number of carbonyl (C=O) groups is 1. The minimum absolute atomic E-state index is 0.0994. The van der Waals surface area contributed by atoms with Crippen molar-refractivity contribution in [1.82, 2.24) is 19.6 Å². The third-order valence-electron chi connectivity index (χ3n) is 6.46. The van der Waals surface area contributed by atoms with Gasteiger partial charge in [0, 0.05) is 56.6 Å². The van der Waals surface area contributed by atoms with Crippen LogP contribution in [0.2, 0.25) is 0 Å². The van der Waals surface area contributed by atoms with Gasteiger partial charge in [-0.05, 0) is 42.3 Å². The van der Waals surface area contributed by atoms with E-state index in [1.807, 2.05) is 6.20 Å². The fraction of sp³-hybridized carbons (Fsp3) is 0.385. The van der Waals surface area contributed by atoms with Gasteiger partial charge in [0.15, 0.2) is 0 Å². The lowest BCUT2D eigenvalue weighted by Gasteiger charge is -2.41. The maximum Gasteiger partial charge on any atom is 0.416 e. The van der Waals surface area contributed by atoms with Crippen molar-refractivity contribution < 1.29 is 35.9 Å². The fourth-order valence-corrected chi connectivity index (χ4v) is 4.59. The smallest absolute Gasteiger partial charge is 0.416 e. The Morgan fingerprint density at radius 3 is 2.24 bits per heavy atom. The maximum absolute atomic E-state index is 13.5. The molecule has 2 aromatic carbocycles. The average molecular weight is 541 g/mol. The molecule has 38 heavy (non-hydrogen) atoms. The summed E-state index contributed by atoms with van der Waals surface area (Å²) in [6, 6.07) is 7.06. The summed E-state index contributed by atoms with van der Waals surface area (Å²) in [5.74, 6) is -0.704. The van der Waals surface area contributed by atoms with E-state index in [1.54, 1.807) is 17.9 Å². The zero-order valence-electron chi connectivity index (χ0n) is 20.7. The molecule has 2 heterocycles. The summed E-state index contributed by atoms with van der Waals surface area (Å²) in [7, 11) is 3.01. The van der Waals surface area contributed by atoms with Crippen molar-refractivity contribution in [2.75, 3.05) is 26.7 Å². The number of ether oxygens (including phenoxy) is 1. The Bertz CT molecular complexity index is 1270. The second-order valence-corrected chi connectivity index (χ2v) is 9.26. The number of methoxy groups -OCH3 is 1. The first-order valence-corrected chi connectivity index (χ1v) is 11.8. The van der Waals surface area contributed by atoms with Crippen LogP contribution in [0.15, 0.2) is 54.9 Å². The van der Waals surface area contributed by atoms with Crippen molar-refractivity contribution in [3.63, 3.8) is 0 Å².